The maximum atomic E-state index is 12.4. The second kappa shape index (κ2) is 8.47. The number of nitrogens with one attached hydrogen (secondary N) is 2. The highest BCUT2D eigenvalue weighted by atomic mass is 16.2. The van der Waals surface area contributed by atoms with Gasteiger partial charge >= 0.3 is 0 Å². The molecule has 2 aromatic rings. The number of pyridine rings is 1. The van der Waals surface area contributed by atoms with Crippen LogP contribution in [0.2, 0.25) is 0 Å². The minimum atomic E-state index is -0.254. The average Bonchev–Trinajstić information content (AvgIpc) is 2.96. The van der Waals surface area contributed by atoms with Crippen molar-refractivity contribution in [3.8, 4) is 0 Å². The number of fused-ring (bicyclic) bond motifs is 1. The zero-order valence-electron chi connectivity index (χ0n) is 14.6. The van der Waals surface area contributed by atoms with E-state index in [4.69, 9.17) is 0 Å². The summed E-state index contributed by atoms with van der Waals surface area (Å²) in [6.07, 6.45) is 4.86. The Morgan fingerprint density at radius 3 is 2.67 bits per heavy atom. The van der Waals surface area contributed by atoms with Crippen molar-refractivity contribution in [1.82, 2.24) is 20.0 Å². The van der Waals surface area contributed by atoms with Crippen molar-refractivity contribution >= 4 is 17.3 Å². The van der Waals surface area contributed by atoms with Gasteiger partial charge in [-0.15, -0.1) is 0 Å². The Balaban J connectivity index is 2.21. The van der Waals surface area contributed by atoms with Crippen molar-refractivity contribution in [2.45, 2.75) is 40.0 Å². The molecular weight excluding hydrogens is 304 g/mol. The number of aromatic nitrogens is 2. The fourth-order valence-electron chi connectivity index (χ4n) is 2.40. The fraction of sp³-hybridized carbons (Fsp3) is 0.500. The number of hydrogen-bond acceptors (Lipinski definition) is 3. The Kier molecular flexibility index (Phi) is 6.35. The summed E-state index contributed by atoms with van der Waals surface area (Å²) in [7, 11) is 0. The number of carbonyl (C=O) groups is 2. The third-order valence-electron chi connectivity index (χ3n) is 3.70. The Bertz CT molecular complexity index is 706. The van der Waals surface area contributed by atoms with Gasteiger partial charge in [0.2, 0.25) is 5.82 Å². The van der Waals surface area contributed by atoms with E-state index in [0.29, 0.717) is 24.5 Å². The van der Waals surface area contributed by atoms with E-state index in [9.17, 15) is 9.59 Å². The first-order valence-electron chi connectivity index (χ1n) is 8.58. The molecule has 2 heterocycles. The summed E-state index contributed by atoms with van der Waals surface area (Å²) in [5.41, 5.74) is 0.924. The van der Waals surface area contributed by atoms with Gasteiger partial charge in [-0.25, -0.2) is 4.98 Å². The van der Waals surface area contributed by atoms with Crippen LogP contribution in [0.4, 0.5) is 0 Å². The van der Waals surface area contributed by atoms with Gasteiger partial charge < -0.3 is 10.6 Å². The molecule has 24 heavy (non-hydrogen) atoms. The van der Waals surface area contributed by atoms with Gasteiger partial charge in [-0.3, -0.25) is 14.0 Å². The molecule has 0 fully saturated rings. The van der Waals surface area contributed by atoms with E-state index in [1.807, 2.05) is 26.0 Å². The van der Waals surface area contributed by atoms with Crippen LogP contribution in [0.3, 0.4) is 0 Å². The number of imidazole rings is 1. The lowest BCUT2D eigenvalue weighted by Crippen LogP contribution is -2.28. The van der Waals surface area contributed by atoms with Crippen LogP contribution in [-0.4, -0.2) is 34.3 Å². The molecule has 0 aromatic carbocycles. The summed E-state index contributed by atoms with van der Waals surface area (Å²) < 4.78 is 1.67. The quantitative estimate of drug-likeness (QED) is 0.731. The Labute approximate surface area is 142 Å². The summed E-state index contributed by atoms with van der Waals surface area (Å²) in [5.74, 6) is 0.0913. The first kappa shape index (κ1) is 18.0. The number of unbranched alkanes of at least 4 members (excludes halogenated alkanes) is 2. The number of amides is 2. The predicted molar refractivity (Wildman–Crippen MR) is 94.2 cm³/mol. The topological polar surface area (TPSA) is 75.5 Å². The van der Waals surface area contributed by atoms with Crippen LogP contribution in [0, 0.1) is 5.92 Å². The molecule has 0 saturated heterocycles. The average molecular weight is 330 g/mol. The van der Waals surface area contributed by atoms with Gasteiger partial charge in [-0.1, -0.05) is 39.7 Å². The zero-order valence-corrected chi connectivity index (χ0v) is 14.6. The lowest BCUT2D eigenvalue weighted by Gasteiger charge is -2.05. The third kappa shape index (κ3) is 4.34. The molecule has 0 spiro atoms. The summed E-state index contributed by atoms with van der Waals surface area (Å²) in [6.45, 7) is 7.36. The Hall–Kier alpha value is -2.37. The maximum absolute atomic E-state index is 12.4. The highest BCUT2D eigenvalue weighted by Gasteiger charge is 2.21. The van der Waals surface area contributed by atoms with Gasteiger partial charge in [0.25, 0.3) is 11.8 Å². The normalized spacial score (nSPS) is 11.0. The van der Waals surface area contributed by atoms with E-state index in [1.165, 1.54) is 0 Å². The molecule has 0 aliphatic carbocycles. The van der Waals surface area contributed by atoms with Crippen molar-refractivity contribution in [3.05, 3.63) is 35.9 Å². The monoisotopic (exact) mass is 330 g/mol. The van der Waals surface area contributed by atoms with Crippen LogP contribution < -0.4 is 10.6 Å². The molecule has 0 aliphatic rings. The van der Waals surface area contributed by atoms with E-state index in [2.05, 4.69) is 22.5 Å². The summed E-state index contributed by atoms with van der Waals surface area (Å²) >= 11 is 0. The molecule has 6 heteroatoms. The number of rotatable bonds is 8. The van der Waals surface area contributed by atoms with Crippen molar-refractivity contribution in [2.24, 2.45) is 5.92 Å². The molecule has 2 N–H and O–H groups in total. The summed E-state index contributed by atoms with van der Waals surface area (Å²) in [4.78, 5) is 29.1. The van der Waals surface area contributed by atoms with Gasteiger partial charge in [0, 0.05) is 19.3 Å². The van der Waals surface area contributed by atoms with Crippen LogP contribution >= 0.6 is 0 Å². The zero-order chi connectivity index (χ0) is 17.5. The Morgan fingerprint density at radius 2 is 1.96 bits per heavy atom. The molecule has 0 atom stereocenters. The lowest BCUT2D eigenvalue weighted by molar-refractivity contribution is 0.0941. The van der Waals surface area contributed by atoms with Crippen LogP contribution in [0.1, 0.15) is 61.1 Å². The van der Waals surface area contributed by atoms with Crippen molar-refractivity contribution in [2.75, 3.05) is 13.1 Å². The first-order chi connectivity index (χ1) is 11.5. The van der Waals surface area contributed by atoms with E-state index < -0.39 is 0 Å². The number of carbonyl (C=O) groups excluding carboxylic acids is 2. The van der Waals surface area contributed by atoms with Crippen LogP contribution in [0.5, 0.6) is 0 Å². The van der Waals surface area contributed by atoms with E-state index in [-0.39, 0.29) is 23.3 Å². The number of nitrogens with zero attached hydrogens (tertiary/aromatic N) is 2. The minimum Gasteiger partial charge on any atom is -0.350 e. The predicted octanol–water partition coefficient (Wildman–Crippen LogP) is 2.64. The Morgan fingerprint density at radius 1 is 1.17 bits per heavy atom. The highest BCUT2D eigenvalue weighted by Crippen LogP contribution is 2.13. The molecule has 2 amide bonds. The third-order valence-corrected chi connectivity index (χ3v) is 3.70. The van der Waals surface area contributed by atoms with Gasteiger partial charge in [-0.05, 0) is 24.5 Å². The lowest BCUT2D eigenvalue weighted by atomic mass is 10.2. The van der Waals surface area contributed by atoms with E-state index in [0.717, 1.165) is 19.3 Å². The molecule has 6 nitrogen and oxygen atoms in total. The molecule has 2 rings (SSSR count). The van der Waals surface area contributed by atoms with Gasteiger partial charge in [0.1, 0.15) is 0 Å². The summed E-state index contributed by atoms with van der Waals surface area (Å²) in [5, 5.41) is 5.73. The van der Waals surface area contributed by atoms with E-state index in [1.54, 1.807) is 16.7 Å². The molecule has 2 aromatic heterocycles. The first-order valence-corrected chi connectivity index (χ1v) is 8.58. The van der Waals surface area contributed by atoms with Gasteiger partial charge in [0.15, 0.2) is 5.69 Å². The van der Waals surface area contributed by atoms with Crippen LogP contribution in [0.25, 0.3) is 5.52 Å². The molecule has 130 valence electrons. The van der Waals surface area contributed by atoms with Gasteiger partial charge in [-0.2, -0.15) is 0 Å². The maximum Gasteiger partial charge on any atom is 0.287 e. The molecular formula is C18H26N4O2. The second-order valence-corrected chi connectivity index (χ2v) is 6.31. The molecule has 0 aliphatic heterocycles. The minimum absolute atomic E-state index is 0.247. The summed E-state index contributed by atoms with van der Waals surface area (Å²) in [6, 6.07) is 5.45. The molecule has 0 radical (unpaired) electrons. The largest absolute Gasteiger partial charge is 0.350 e. The van der Waals surface area contributed by atoms with Gasteiger partial charge in [0.05, 0.1) is 5.52 Å². The van der Waals surface area contributed by atoms with Crippen molar-refractivity contribution < 1.29 is 9.59 Å². The molecule has 0 saturated carbocycles. The molecule has 0 bridgehead atoms. The van der Waals surface area contributed by atoms with Crippen LogP contribution in [-0.2, 0) is 0 Å². The standard InChI is InChI=1S/C18H26N4O2/c1-4-5-7-10-19-18(24)16-21-15(17(23)20-12-13(2)3)14-9-6-8-11-22(14)16/h6,8-9,11,13H,4-5,7,10,12H2,1-3H3,(H,19,24)(H,20,23). The SMILES string of the molecule is CCCCCNC(=O)c1nc(C(=O)NCC(C)C)c2ccccn12. The fourth-order valence-corrected chi connectivity index (χ4v) is 2.40. The van der Waals surface area contributed by atoms with Crippen molar-refractivity contribution in [3.63, 3.8) is 0 Å². The van der Waals surface area contributed by atoms with Crippen LogP contribution in [0.15, 0.2) is 24.4 Å². The molecule has 0 unspecified atom stereocenters. The second-order valence-electron chi connectivity index (χ2n) is 6.31. The number of hydrogen-bond donors (Lipinski definition) is 2. The van der Waals surface area contributed by atoms with Crippen molar-refractivity contribution in [1.29, 1.82) is 0 Å². The highest BCUT2D eigenvalue weighted by molar-refractivity contribution is 6.02. The van der Waals surface area contributed by atoms with E-state index >= 15 is 0 Å². The smallest absolute Gasteiger partial charge is 0.287 e.